The molecule has 0 aromatic heterocycles. The Hall–Kier alpha value is -1.77. The minimum absolute atomic E-state index is 0.0291. The molecule has 0 radical (unpaired) electrons. The molecule has 484 valence electrons. The van der Waals surface area contributed by atoms with Crippen LogP contribution in [0.25, 0.3) is 0 Å². The predicted octanol–water partition coefficient (Wildman–Crippen LogP) is 22.4. The monoisotopic (exact) mass is 1180 g/mol. The Morgan fingerprint density at radius 2 is 0.659 bits per heavy atom. The van der Waals surface area contributed by atoms with Gasteiger partial charge in [0, 0.05) is 12.8 Å². The number of hydrogen-bond donors (Lipinski definition) is 0. The molecule has 0 spiro atoms. The summed E-state index contributed by atoms with van der Waals surface area (Å²) < 4.78 is 34.3. The number of likely N-dealkylation sites (N-methyl/N-ethyl adjacent to an activating group) is 1. The third kappa shape index (κ3) is 67.4. The van der Waals surface area contributed by atoms with Crippen LogP contribution in [0.15, 0.2) is 36.5 Å². The Bertz CT molecular complexity index is 1480. The van der Waals surface area contributed by atoms with Crippen LogP contribution < -0.4 is 4.89 Å². The van der Waals surface area contributed by atoms with Gasteiger partial charge in [-0.25, -0.2) is 0 Å². The van der Waals surface area contributed by atoms with E-state index in [9.17, 15) is 19.0 Å². The number of quaternary nitrogens is 1. The molecule has 0 amide bonds. The summed E-state index contributed by atoms with van der Waals surface area (Å²) in [5.41, 5.74) is 0. The number of phosphoric ester groups is 1. The number of unbranched alkanes of at least 4 members (excludes halogenated alkanes) is 47. The largest absolute Gasteiger partial charge is 0.756 e. The molecular formula is C72H138NO8P. The topological polar surface area (TPSA) is 111 Å². The highest BCUT2D eigenvalue weighted by atomic mass is 31.2. The lowest BCUT2D eigenvalue weighted by atomic mass is 10.0. The fraction of sp³-hybridized carbons (Fsp3) is 0.889. The summed E-state index contributed by atoms with van der Waals surface area (Å²) in [6.07, 6.45) is 81.0. The van der Waals surface area contributed by atoms with Crippen LogP contribution in [-0.2, 0) is 32.7 Å². The van der Waals surface area contributed by atoms with Gasteiger partial charge < -0.3 is 27.9 Å². The van der Waals surface area contributed by atoms with E-state index >= 15 is 0 Å². The quantitative estimate of drug-likeness (QED) is 0.0195. The van der Waals surface area contributed by atoms with Crippen molar-refractivity contribution in [1.82, 2.24) is 0 Å². The number of phosphoric acid groups is 1. The molecule has 0 saturated carbocycles. The number of allylic oxidation sites excluding steroid dienone is 6. The second-order valence-corrected chi connectivity index (χ2v) is 27.0. The predicted molar refractivity (Wildman–Crippen MR) is 351 cm³/mol. The van der Waals surface area contributed by atoms with Crippen LogP contribution in [-0.4, -0.2) is 70.0 Å². The molecule has 0 aliphatic rings. The summed E-state index contributed by atoms with van der Waals surface area (Å²) in [7, 11) is 1.18. The van der Waals surface area contributed by atoms with Crippen LogP contribution in [0, 0.1) is 0 Å². The SMILES string of the molecule is CCCCCCC/C=C\C/C=C\CCCCCCCCCCCCCC(=O)OC(COC(=O)CCCCCCCCCCCCCCCCCCCCCCCCC/C=C\CCCCCCCCCC)COP(=O)([O-])OCC[N+](C)(C)C. The van der Waals surface area contributed by atoms with Gasteiger partial charge in [0.15, 0.2) is 6.10 Å². The van der Waals surface area contributed by atoms with Gasteiger partial charge in [-0.15, -0.1) is 0 Å². The summed E-state index contributed by atoms with van der Waals surface area (Å²) in [4.78, 5) is 38.0. The molecule has 0 bridgehead atoms. The molecule has 10 heteroatoms. The van der Waals surface area contributed by atoms with E-state index in [-0.39, 0.29) is 32.0 Å². The van der Waals surface area contributed by atoms with Crippen LogP contribution in [0.2, 0.25) is 0 Å². The van der Waals surface area contributed by atoms with Crippen molar-refractivity contribution in [2.45, 2.75) is 367 Å². The Kier molecular flexibility index (Phi) is 62.3. The summed E-state index contributed by atoms with van der Waals surface area (Å²) in [5.74, 6) is -0.816. The van der Waals surface area contributed by atoms with E-state index < -0.39 is 26.5 Å². The smallest absolute Gasteiger partial charge is 0.306 e. The maximum atomic E-state index is 12.8. The van der Waals surface area contributed by atoms with Crippen LogP contribution in [0.5, 0.6) is 0 Å². The number of hydrogen-bond acceptors (Lipinski definition) is 8. The number of carbonyl (C=O) groups excluding carboxylic acids is 2. The molecule has 0 saturated heterocycles. The number of rotatable bonds is 67. The number of nitrogens with zero attached hydrogens (tertiary/aromatic N) is 1. The number of carbonyl (C=O) groups is 2. The van der Waals surface area contributed by atoms with E-state index in [4.69, 9.17) is 18.5 Å². The first-order chi connectivity index (χ1) is 40.0. The van der Waals surface area contributed by atoms with E-state index in [1.807, 2.05) is 21.1 Å². The fourth-order valence-corrected chi connectivity index (χ4v) is 11.4. The molecule has 2 unspecified atom stereocenters. The van der Waals surface area contributed by atoms with Crippen molar-refractivity contribution in [3.63, 3.8) is 0 Å². The lowest BCUT2D eigenvalue weighted by Gasteiger charge is -2.28. The molecule has 0 N–H and O–H groups in total. The highest BCUT2D eigenvalue weighted by Crippen LogP contribution is 2.38. The van der Waals surface area contributed by atoms with Crippen LogP contribution in [0.4, 0.5) is 0 Å². The van der Waals surface area contributed by atoms with Crippen molar-refractivity contribution in [3.05, 3.63) is 36.5 Å². The first-order valence-corrected chi connectivity index (χ1v) is 37.2. The maximum absolute atomic E-state index is 12.8. The van der Waals surface area contributed by atoms with Crippen molar-refractivity contribution in [3.8, 4) is 0 Å². The van der Waals surface area contributed by atoms with E-state index in [1.165, 1.54) is 283 Å². The number of esters is 2. The summed E-state index contributed by atoms with van der Waals surface area (Å²) in [5, 5.41) is 0. The first-order valence-electron chi connectivity index (χ1n) is 35.7. The van der Waals surface area contributed by atoms with E-state index in [0.717, 1.165) is 44.9 Å². The van der Waals surface area contributed by atoms with Gasteiger partial charge in [0.1, 0.15) is 19.8 Å². The Labute approximate surface area is 510 Å². The molecule has 0 aliphatic carbocycles. The minimum atomic E-state index is -4.64. The van der Waals surface area contributed by atoms with Gasteiger partial charge in [-0.05, 0) is 70.6 Å². The molecule has 0 heterocycles. The summed E-state index contributed by atoms with van der Waals surface area (Å²) in [6.45, 7) is 4.29. The third-order valence-corrected chi connectivity index (χ3v) is 17.1. The summed E-state index contributed by atoms with van der Waals surface area (Å²) >= 11 is 0. The molecule has 0 rings (SSSR count). The van der Waals surface area contributed by atoms with Crippen molar-refractivity contribution < 1.29 is 42.1 Å². The average molecular weight is 1180 g/mol. The second kappa shape index (κ2) is 63.7. The molecule has 0 aromatic rings. The van der Waals surface area contributed by atoms with Gasteiger partial charge >= 0.3 is 11.9 Å². The van der Waals surface area contributed by atoms with Gasteiger partial charge in [-0.3, -0.25) is 14.2 Å². The van der Waals surface area contributed by atoms with Crippen molar-refractivity contribution >= 4 is 19.8 Å². The fourth-order valence-electron chi connectivity index (χ4n) is 10.6. The maximum Gasteiger partial charge on any atom is 0.306 e. The van der Waals surface area contributed by atoms with Gasteiger partial charge in [-0.2, -0.15) is 0 Å². The van der Waals surface area contributed by atoms with Crippen LogP contribution >= 0.6 is 7.82 Å². The molecule has 9 nitrogen and oxygen atoms in total. The van der Waals surface area contributed by atoms with Crippen molar-refractivity contribution in [2.75, 3.05) is 47.5 Å². The highest BCUT2D eigenvalue weighted by Gasteiger charge is 2.22. The zero-order valence-corrected chi connectivity index (χ0v) is 56.1. The molecule has 0 aromatic carbocycles. The molecule has 0 aliphatic heterocycles. The van der Waals surface area contributed by atoms with Gasteiger partial charge in [0.05, 0.1) is 27.7 Å². The van der Waals surface area contributed by atoms with Gasteiger partial charge in [0.2, 0.25) is 0 Å². The lowest BCUT2D eigenvalue weighted by Crippen LogP contribution is -2.37. The van der Waals surface area contributed by atoms with Gasteiger partial charge in [0.25, 0.3) is 7.82 Å². The van der Waals surface area contributed by atoms with E-state index in [2.05, 4.69) is 50.3 Å². The Morgan fingerprint density at radius 3 is 0.976 bits per heavy atom. The first kappa shape index (κ1) is 80.2. The van der Waals surface area contributed by atoms with Crippen molar-refractivity contribution in [2.24, 2.45) is 0 Å². The molecular weight excluding hydrogens is 1040 g/mol. The third-order valence-electron chi connectivity index (χ3n) is 16.1. The van der Waals surface area contributed by atoms with Crippen molar-refractivity contribution in [1.29, 1.82) is 0 Å². The zero-order chi connectivity index (χ0) is 59.8. The lowest BCUT2D eigenvalue weighted by molar-refractivity contribution is -0.870. The number of ether oxygens (including phenoxy) is 2. The highest BCUT2D eigenvalue weighted by molar-refractivity contribution is 7.45. The average Bonchev–Trinajstić information content (AvgIpc) is 3.46. The van der Waals surface area contributed by atoms with E-state index in [0.29, 0.717) is 17.4 Å². The standard InChI is InChI=1S/C72H138NO8P/c1-6-8-10-12-14-16-18-20-22-24-26-28-30-31-32-33-34-35-36-37-38-39-40-41-43-44-46-48-50-52-54-56-58-60-62-64-71(74)78-68-70(69-80-82(76,77)79-67-66-73(3,4)5)81-72(75)65-63-61-59-57-55-53-51-49-47-45-42-29-27-25-23-21-19-17-15-13-11-9-7-2/h19,21,24-27,70H,6-18,20,22-23,28-69H2,1-5H3/b21-19-,26-24-,27-25-. The van der Waals surface area contributed by atoms with Crippen LogP contribution in [0.3, 0.4) is 0 Å². The van der Waals surface area contributed by atoms with Gasteiger partial charge in [-0.1, -0.05) is 314 Å². The minimum Gasteiger partial charge on any atom is -0.756 e. The Morgan fingerprint density at radius 1 is 0.378 bits per heavy atom. The second-order valence-electron chi connectivity index (χ2n) is 25.6. The Balaban J connectivity index is 3.95. The molecule has 2 atom stereocenters. The zero-order valence-electron chi connectivity index (χ0n) is 55.2. The van der Waals surface area contributed by atoms with Crippen LogP contribution in [0.1, 0.15) is 361 Å². The van der Waals surface area contributed by atoms with E-state index in [1.54, 1.807) is 0 Å². The molecule has 0 fully saturated rings. The molecule has 82 heavy (non-hydrogen) atoms. The normalized spacial score (nSPS) is 13.3. The summed E-state index contributed by atoms with van der Waals surface area (Å²) in [6, 6.07) is 0.